The highest BCUT2D eigenvalue weighted by molar-refractivity contribution is 5.81. The molecule has 132 valence electrons. The molecule has 0 aromatic carbocycles. The van der Waals surface area contributed by atoms with Crippen LogP contribution in [0.15, 0.2) is 12.2 Å². The molecule has 0 amide bonds. The number of allylic oxidation sites excluding steroid dienone is 1. The van der Waals surface area contributed by atoms with Crippen molar-refractivity contribution < 1.29 is 19.0 Å². The number of ether oxygens (including phenoxy) is 3. The molecule has 0 radical (unpaired) electrons. The van der Waals surface area contributed by atoms with Gasteiger partial charge in [-0.3, -0.25) is 0 Å². The summed E-state index contributed by atoms with van der Waals surface area (Å²) in [5.74, 6) is 0.498. The van der Waals surface area contributed by atoms with E-state index in [0.717, 1.165) is 12.3 Å². The predicted molar refractivity (Wildman–Crippen MR) is 90.2 cm³/mol. The van der Waals surface area contributed by atoms with Crippen LogP contribution in [0.25, 0.3) is 0 Å². The Morgan fingerprint density at radius 1 is 1.17 bits per heavy atom. The van der Waals surface area contributed by atoms with Crippen LogP contribution in [0.5, 0.6) is 0 Å². The van der Waals surface area contributed by atoms with E-state index < -0.39 is 0 Å². The molecule has 2 saturated carbocycles. The molecule has 0 heterocycles. The van der Waals surface area contributed by atoms with Gasteiger partial charge in [0, 0.05) is 6.08 Å². The molecule has 2 fully saturated rings. The van der Waals surface area contributed by atoms with Gasteiger partial charge in [0.1, 0.15) is 6.61 Å². The molecule has 0 aromatic rings. The second kappa shape index (κ2) is 7.80. The third kappa shape index (κ3) is 3.97. The zero-order valence-corrected chi connectivity index (χ0v) is 15.1. The maximum atomic E-state index is 11.2. The highest BCUT2D eigenvalue weighted by atomic mass is 16.6. The van der Waals surface area contributed by atoms with Crippen LogP contribution in [0.1, 0.15) is 53.4 Å². The van der Waals surface area contributed by atoms with Gasteiger partial charge < -0.3 is 14.2 Å². The summed E-state index contributed by atoms with van der Waals surface area (Å²) < 4.78 is 16.6. The maximum absolute atomic E-state index is 11.2. The Morgan fingerprint density at radius 2 is 1.91 bits per heavy atom. The van der Waals surface area contributed by atoms with Crippen molar-refractivity contribution in [3.05, 3.63) is 12.2 Å². The van der Waals surface area contributed by atoms with Crippen LogP contribution in [0, 0.1) is 16.7 Å². The fourth-order valence-electron chi connectivity index (χ4n) is 4.20. The summed E-state index contributed by atoms with van der Waals surface area (Å²) in [6, 6.07) is 0. The smallest absolute Gasteiger partial charge is 0.330 e. The lowest BCUT2D eigenvalue weighted by Crippen LogP contribution is -2.37. The molecule has 2 aliphatic carbocycles. The summed E-state index contributed by atoms with van der Waals surface area (Å²) in [6.07, 6.45) is 8.24. The third-order valence-corrected chi connectivity index (χ3v) is 6.22. The van der Waals surface area contributed by atoms with Crippen molar-refractivity contribution in [3.8, 4) is 0 Å². The Bertz CT molecular complexity index is 429. The maximum Gasteiger partial charge on any atom is 0.330 e. The zero-order valence-electron chi connectivity index (χ0n) is 15.1. The van der Waals surface area contributed by atoms with Gasteiger partial charge in [-0.15, -0.1) is 0 Å². The SMILES string of the molecule is CCC=CC(=O)OCCOCCOC1CC2CCC1(C)C2(C)C. The van der Waals surface area contributed by atoms with Gasteiger partial charge in [0.25, 0.3) is 0 Å². The van der Waals surface area contributed by atoms with Gasteiger partial charge in [-0.25, -0.2) is 4.79 Å². The van der Waals surface area contributed by atoms with E-state index in [0.29, 0.717) is 43.4 Å². The molecule has 4 heteroatoms. The average Bonchev–Trinajstić information content (AvgIpc) is 2.85. The molecule has 0 N–H and O–H groups in total. The van der Waals surface area contributed by atoms with Crippen LogP contribution in [-0.4, -0.2) is 38.5 Å². The van der Waals surface area contributed by atoms with Crippen molar-refractivity contribution in [1.29, 1.82) is 0 Å². The lowest BCUT2D eigenvalue weighted by molar-refractivity contribution is -0.139. The monoisotopic (exact) mass is 324 g/mol. The van der Waals surface area contributed by atoms with Crippen LogP contribution >= 0.6 is 0 Å². The number of fused-ring (bicyclic) bond motifs is 2. The van der Waals surface area contributed by atoms with Crippen molar-refractivity contribution in [2.24, 2.45) is 16.7 Å². The lowest BCUT2D eigenvalue weighted by atomic mass is 9.70. The van der Waals surface area contributed by atoms with Gasteiger partial charge in [-0.05, 0) is 42.4 Å². The number of carbonyl (C=O) groups excluding carboxylic acids is 1. The van der Waals surface area contributed by atoms with Gasteiger partial charge in [-0.2, -0.15) is 0 Å². The first kappa shape index (κ1) is 18.5. The molecule has 4 nitrogen and oxygen atoms in total. The first-order chi connectivity index (χ1) is 10.9. The van der Waals surface area contributed by atoms with Crippen LogP contribution in [-0.2, 0) is 19.0 Å². The van der Waals surface area contributed by atoms with Gasteiger partial charge in [0.15, 0.2) is 0 Å². The van der Waals surface area contributed by atoms with Gasteiger partial charge in [-0.1, -0.05) is 33.8 Å². The van der Waals surface area contributed by atoms with Crippen LogP contribution in [0.2, 0.25) is 0 Å². The normalized spacial score (nSPS) is 31.8. The van der Waals surface area contributed by atoms with Crippen LogP contribution in [0.3, 0.4) is 0 Å². The Hall–Kier alpha value is -0.870. The summed E-state index contributed by atoms with van der Waals surface area (Å²) in [4.78, 5) is 11.2. The highest BCUT2D eigenvalue weighted by Crippen LogP contribution is 2.66. The number of esters is 1. The van der Waals surface area contributed by atoms with Gasteiger partial charge in [0.05, 0.1) is 25.9 Å². The quantitative estimate of drug-likeness (QED) is 0.368. The fraction of sp³-hybridized carbons (Fsp3) is 0.842. The molecule has 0 aliphatic heterocycles. The largest absolute Gasteiger partial charge is 0.460 e. The third-order valence-electron chi connectivity index (χ3n) is 6.22. The second-order valence-electron chi connectivity index (χ2n) is 7.56. The van der Waals surface area contributed by atoms with E-state index in [2.05, 4.69) is 20.8 Å². The molecule has 0 aromatic heterocycles. The van der Waals surface area contributed by atoms with Crippen molar-refractivity contribution in [3.63, 3.8) is 0 Å². The summed E-state index contributed by atoms with van der Waals surface area (Å²) >= 11 is 0. The van der Waals surface area contributed by atoms with Crippen LogP contribution in [0.4, 0.5) is 0 Å². The Kier molecular flexibility index (Phi) is 6.26. The minimum absolute atomic E-state index is 0.295. The van der Waals surface area contributed by atoms with E-state index >= 15 is 0 Å². The van der Waals surface area contributed by atoms with E-state index in [1.165, 1.54) is 25.3 Å². The van der Waals surface area contributed by atoms with Gasteiger partial charge >= 0.3 is 5.97 Å². The molecule has 3 unspecified atom stereocenters. The molecular weight excluding hydrogens is 292 g/mol. The molecule has 0 saturated heterocycles. The number of carbonyl (C=O) groups is 1. The Balaban J connectivity index is 1.55. The summed E-state index contributed by atoms with van der Waals surface area (Å²) in [5.41, 5.74) is 0.692. The molecule has 0 spiro atoms. The lowest BCUT2D eigenvalue weighted by Gasteiger charge is -2.38. The van der Waals surface area contributed by atoms with Gasteiger partial charge in [0.2, 0.25) is 0 Å². The summed E-state index contributed by atoms with van der Waals surface area (Å²) in [7, 11) is 0. The molecule has 3 atom stereocenters. The van der Waals surface area contributed by atoms with E-state index in [9.17, 15) is 4.79 Å². The second-order valence-corrected chi connectivity index (χ2v) is 7.56. The molecule has 2 aliphatic rings. The van der Waals surface area contributed by atoms with E-state index in [1.54, 1.807) is 6.08 Å². The van der Waals surface area contributed by atoms with Crippen molar-refractivity contribution in [2.45, 2.75) is 59.5 Å². The minimum Gasteiger partial charge on any atom is -0.460 e. The van der Waals surface area contributed by atoms with Crippen molar-refractivity contribution in [2.75, 3.05) is 26.4 Å². The van der Waals surface area contributed by atoms with E-state index in [1.807, 2.05) is 6.92 Å². The van der Waals surface area contributed by atoms with E-state index in [-0.39, 0.29) is 5.97 Å². The standard InChI is InChI=1S/C19H32O4/c1-5-6-7-17(20)23-13-11-21-10-12-22-16-14-15-8-9-19(16,4)18(15,2)3/h6-7,15-16H,5,8-14H2,1-4H3. The molecule has 23 heavy (non-hydrogen) atoms. The molecular formula is C19H32O4. The number of hydrogen-bond acceptors (Lipinski definition) is 4. The summed E-state index contributed by atoms with van der Waals surface area (Å²) in [6.45, 7) is 11.0. The number of rotatable bonds is 9. The number of hydrogen-bond donors (Lipinski definition) is 0. The first-order valence-electron chi connectivity index (χ1n) is 8.94. The van der Waals surface area contributed by atoms with Crippen molar-refractivity contribution in [1.82, 2.24) is 0 Å². The zero-order chi connectivity index (χ0) is 16.9. The summed E-state index contributed by atoms with van der Waals surface area (Å²) in [5, 5.41) is 0. The Labute approximate surface area is 140 Å². The molecule has 2 rings (SSSR count). The fourth-order valence-corrected chi connectivity index (χ4v) is 4.20. The minimum atomic E-state index is -0.302. The van der Waals surface area contributed by atoms with E-state index in [4.69, 9.17) is 14.2 Å². The first-order valence-corrected chi connectivity index (χ1v) is 8.94. The van der Waals surface area contributed by atoms with Crippen LogP contribution < -0.4 is 0 Å². The topological polar surface area (TPSA) is 44.8 Å². The van der Waals surface area contributed by atoms with Crippen molar-refractivity contribution >= 4 is 5.97 Å². The predicted octanol–water partition coefficient (Wildman–Crippen LogP) is 3.74. The highest BCUT2D eigenvalue weighted by Gasteiger charge is 2.61. The Morgan fingerprint density at radius 3 is 2.52 bits per heavy atom. The average molecular weight is 324 g/mol. The molecule has 2 bridgehead atoms.